The second-order valence-electron chi connectivity index (χ2n) is 3.59. The smallest absolute Gasteiger partial charge is 0.128 e. The fraction of sp³-hybridized carbons (Fsp3) is 0.538. The summed E-state index contributed by atoms with van der Waals surface area (Å²) in [6, 6.07) is 5.31. The van der Waals surface area contributed by atoms with Crippen LogP contribution in [0.5, 0.6) is 11.5 Å². The zero-order valence-corrected chi connectivity index (χ0v) is 10.8. The van der Waals surface area contributed by atoms with Crippen LogP contribution in [0.2, 0.25) is 0 Å². The van der Waals surface area contributed by atoms with E-state index in [0.29, 0.717) is 37.9 Å². The highest BCUT2D eigenvalue weighted by Crippen LogP contribution is 2.24. The normalized spacial score (nSPS) is 10.4. The molecule has 0 atom stereocenters. The summed E-state index contributed by atoms with van der Waals surface area (Å²) in [6.07, 6.45) is 0. The molecule has 0 heterocycles. The molecule has 0 aromatic heterocycles. The quantitative estimate of drug-likeness (QED) is 0.673. The van der Waals surface area contributed by atoms with Gasteiger partial charge in [-0.25, -0.2) is 0 Å². The molecule has 0 aliphatic carbocycles. The van der Waals surface area contributed by atoms with Gasteiger partial charge < -0.3 is 24.1 Å². The average molecular weight is 256 g/mol. The number of benzene rings is 1. The van der Waals surface area contributed by atoms with Crippen molar-refractivity contribution >= 4 is 0 Å². The molecule has 5 nitrogen and oxygen atoms in total. The Morgan fingerprint density at radius 3 is 2.50 bits per heavy atom. The molecule has 0 fully saturated rings. The van der Waals surface area contributed by atoms with Crippen LogP contribution in [-0.4, -0.2) is 45.8 Å². The average Bonchev–Trinajstić information content (AvgIpc) is 2.42. The van der Waals surface area contributed by atoms with E-state index in [4.69, 9.17) is 18.9 Å². The maximum Gasteiger partial charge on any atom is 0.128 e. The minimum Gasteiger partial charge on any atom is -0.497 e. The predicted octanol–water partition coefficient (Wildman–Crippen LogP) is 1.23. The summed E-state index contributed by atoms with van der Waals surface area (Å²) in [5.41, 5.74) is 0.729. The standard InChI is InChI=1S/C13H20O5/c1-15-5-6-17-7-8-18-13-9-12(16-2)4-3-11(13)10-14/h3-4,9,14H,5-8,10H2,1-2H3. The van der Waals surface area contributed by atoms with Crippen molar-refractivity contribution in [1.82, 2.24) is 0 Å². The molecular weight excluding hydrogens is 236 g/mol. The van der Waals surface area contributed by atoms with E-state index in [9.17, 15) is 5.11 Å². The van der Waals surface area contributed by atoms with Crippen LogP contribution in [0.3, 0.4) is 0 Å². The minimum absolute atomic E-state index is 0.0656. The molecule has 0 aliphatic rings. The van der Waals surface area contributed by atoms with E-state index in [1.807, 2.05) is 0 Å². The summed E-state index contributed by atoms with van der Waals surface area (Å²) < 4.78 is 20.8. The van der Waals surface area contributed by atoms with Crippen molar-refractivity contribution in [3.8, 4) is 11.5 Å². The van der Waals surface area contributed by atoms with E-state index in [1.165, 1.54) is 0 Å². The lowest BCUT2D eigenvalue weighted by molar-refractivity contribution is 0.0540. The van der Waals surface area contributed by atoms with Gasteiger partial charge in [-0.1, -0.05) is 0 Å². The number of hydrogen-bond acceptors (Lipinski definition) is 5. The van der Waals surface area contributed by atoms with Crippen molar-refractivity contribution in [3.05, 3.63) is 23.8 Å². The topological polar surface area (TPSA) is 57.2 Å². The molecule has 102 valence electrons. The van der Waals surface area contributed by atoms with Gasteiger partial charge in [0.1, 0.15) is 18.1 Å². The van der Waals surface area contributed by atoms with Crippen LogP contribution in [0.15, 0.2) is 18.2 Å². The number of aliphatic hydroxyl groups excluding tert-OH is 1. The van der Waals surface area contributed by atoms with Crippen LogP contribution in [0, 0.1) is 0 Å². The molecule has 1 N–H and O–H groups in total. The fourth-order valence-corrected chi connectivity index (χ4v) is 1.38. The summed E-state index contributed by atoms with van der Waals surface area (Å²) in [6.45, 7) is 1.95. The number of aliphatic hydroxyl groups is 1. The summed E-state index contributed by atoms with van der Waals surface area (Å²) in [5, 5.41) is 9.19. The van der Waals surface area contributed by atoms with Gasteiger partial charge in [0.15, 0.2) is 0 Å². The van der Waals surface area contributed by atoms with Crippen molar-refractivity contribution < 1.29 is 24.1 Å². The lowest BCUT2D eigenvalue weighted by Gasteiger charge is -2.11. The maximum atomic E-state index is 9.19. The number of ether oxygens (including phenoxy) is 4. The zero-order valence-electron chi connectivity index (χ0n) is 10.8. The van der Waals surface area contributed by atoms with Gasteiger partial charge in [-0.05, 0) is 12.1 Å². The maximum absolute atomic E-state index is 9.19. The number of rotatable bonds is 9. The van der Waals surface area contributed by atoms with E-state index in [-0.39, 0.29) is 6.61 Å². The Balaban J connectivity index is 2.39. The zero-order chi connectivity index (χ0) is 13.2. The van der Waals surface area contributed by atoms with Gasteiger partial charge in [-0.2, -0.15) is 0 Å². The lowest BCUT2D eigenvalue weighted by atomic mass is 10.2. The monoisotopic (exact) mass is 256 g/mol. The van der Waals surface area contributed by atoms with E-state index in [2.05, 4.69) is 0 Å². The van der Waals surface area contributed by atoms with Crippen molar-refractivity contribution in [3.63, 3.8) is 0 Å². The third-order valence-corrected chi connectivity index (χ3v) is 2.36. The molecular formula is C13H20O5. The predicted molar refractivity (Wildman–Crippen MR) is 67.1 cm³/mol. The van der Waals surface area contributed by atoms with Crippen molar-refractivity contribution in [1.29, 1.82) is 0 Å². The molecule has 1 rings (SSSR count). The third-order valence-electron chi connectivity index (χ3n) is 2.36. The first-order chi connectivity index (χ1) is 8.81. The van der Waals surface area contributed by atoms with Crippen LogP contribution < -0.4 is 9.47 Å². The highest BCUT2D eigenvalue weighted by atomic mass is 16.5. The SMILES string of the molecule is COCCOCCOc1cc(OC)ccc1CO. The molecule has 0 amide bonds. The first-order valence-electron chi connectivity index (χ1n) is 5.79. The Hall–Kier alpha value is -1.30. The lowest BCUT2D eigenvalue weighted by Crippen LogP contribution is -2.10. The van der Waals surface area contributed by atoms with Gasteiger partial charge >= 0.3 is 0 Å². The summed E-state index contributed by atoms with van der Waals surface area (Å²) in [7, 11) is 3.22. The molecule has 0 bridgehead atoms. The van der Waals surface area contributed by atoms with Crippen LogP contribution in [0.4, 0.5) is 0 Å². The molecule has 0 aliphatic heterocycles. The van der Waals surface area contributed by atoms with Gasteiger partial charge in [0, 0.05) is 18.7 Å². The highest BCUT2D eigenvalue weighted by Gasteiger charge is 2.04. The van der Waals surface area contributed by atoms with Gasteiger partial charge in [0.05, 0.1) is 33.5 Å². The second kappa shape index (κ2) is 8.74. The Bertz CT molecular complexity index is 340. The van der Waals surface area contributed by atoms with Gasteiger partial charge in [-0.15, -0.1) is 0 Å². The molecule has 0 spiro atoms. The first kappa shape index (κ1) is 14.8. The van der Waals surface area contributed by atoms with Crippen molar-refractivity contribution in [2.75, 3.05) is 40.6 Å². The molecule has 5 heteroatoms. The van der Waals surface area contributed by atoms with Crippen molar-refractivity contribution in [2.45, 2.75) is 6.61 Å². The largest absolute Gasteiger partial charge is 0.497 e. The highest BCUT2D eigenvalue weighted by molar-refractivity contribution is 5.40. The fourth-order valence-electron chi connectivity index (χ4n) is 1.38. The molecule has 1 aromatic carbocycles. The second-order valence-corrected chi connectivity index (χ2v) is 3.59. The summed E-state index contributed by atoms with van der Waals surface area (Å²) in [5.74, 6) is 1.31. The summed E-state index contributed by atoms with van der Waals surface area (Å²) >= 11 is 0. The Kier molecular flexibility index (Phi) is 7.17. The Labute approximate surface area is 107 Å². The van der Waals surface area contributed by atoms with Gasteiger partial charge in [0.2, 0.25) is 0 Å². The first-order valence-corrected chi connectivity index (χ1v) is 5.79. The number of methoxy groups -OCH3 is 2. The minimum atomic E-state index is -0.0656. The van der Waals surface area contributed by atoms with Crippen LogP contribution in [-0.2, 0) is 16.1 Å². The van der Waals surface area contributed by atoms with E-state index < -0.39 is 0 Å². The van der Waals surface area contributed by atoms with Crippen LogP contribution in [0.1, 0.15) is 5.56 Å². The van der Waals surface area contributed by atoms with E-state index in [1.54, 1.807) is 32.4 Å². The van der Waals surface area contributed by atoms with Gasteiger partial charge in [-0.3, -0.25) is 0 Å². The summed E-state index contributed by atoms with van der Waals surface area (Å²) in [4.78, 5) is 0. The van der Waals surface area contributed by atoms with E-state index >= 15 is 0 Å². The molecule has 0 unspecified atom stereocenters. The molecule has 0 radical (unpaired) electrons. The molecule has 1 aromatic rings. The third kappa shape index (κ3) is 4.91. The molecule has 0 saturated carbocycles. The molecule has 0 saturated heterocycles. The van der Waals surface area contributed by atoms with Crippen LogP contribution >= 0.6 is 0 Å². The number of hydrogen-bond donors (Lipinski definition) is 1. The Morgan fingerprint density at radius 2 is 1.83 bits per heavy atom. The Morgan fingerprint density at radius 1 is 1.06 bits per heavy atom. The van der Waals surface area contributed by atoms with Crippen LogP contribution in [0.25, 0.3) is 0 Å². The van der Waals surface area contributed by atoms with E-state index in [0.717, 1.165) is 5.56 Å². The van der Waals surface area contributed by atoms with Crippen molar-refractivity contribution in [2.24, 2.45) is 0 Å². The molecule has 18 heavy (non-hydrogen) atoms. The van der Waals surface area contributed by atoms with Gasteiger partial charge in [0.25, 0.3) is 0 Å².